The Hall–Kier alpha value is -1.97. The van der Waals surface area contributed by atoms with Crippen molar-refractivity contribution in [1.29, 1.82) is 0 Å². The number of rotatable bonds is 8. The van der Waals surface area contributed by atoms with Crippen molar-refractivity contribution < 1.29 is 37.3 Å². The maximum Gasteiger partial charge on any atom is 0.512 e. The first-order valence-corrected chi connectivity index (χ1v) is 13.3. The summed E-state index contributed by atoms with van der Waals surface area (Å²) >= 11 is 0. The number of hydrogen-bond acceptors (Lipinski definition) is 8. The molecule has 9 nitrogen and oxygen atoms in total. The average Bonchev–Trinajstić information content (AvgIpc) is 3.43. The fourth-order valence-corrected chi connectivity index (χ4v) is 5.95. The van der Waals surface area contributed by atoms with Gasteiger partial charge in [-0.1, -0.05) is 36.4 Å². The van der Waals surface area contributed by atoms with Crippen LogP contribution < -0.4 is 14.1 Å². The van der Waals surface area contributed by atoms with Crippen molar-refractivity contribution in [3.8, 4) is 11.5 Å². The molecule has 0 unspecified atom stereocenters. The summed E-state index contributed by atoms with van der Waals surface area (Å²) in [6.07, 6.45) is -1.94. The smallest absolute Gasteiger partial charge is 0.405 e. The second-order valence-electron chi connectivity index (χ2n) is 9.74. The molecule has 35 heavy (non-hydrogen) atoms. The standard InChI is InChI=1S/C25H32NO8P/c1-24(2)28-16-20(30-24)21-23-22(31-25(3,4)32-23)19(29-21)15-26-35(27,33-17-11-7-5-8-12-17)34-18-13-9-6-10-14-18/h5-14,19-23H,15-16H2,1-4H3,(H,26,27)/t19-,20-,21-,22-,23+/m1/s1. The highest BCUT2D eigenvalue weighted by atomic mass is 31.2. The normalized spacial score (nSPS) is 31.3. The SMILES string of the molecule is CC1(C)O[C@@H]2[C@H](O1)[C@@H](CNP(=O)(Oc1ccccc1)Oc1ccccc1)O[C@@H]2[C@H]1COC(C)(C)O1. The summed E-state index contributed by atoms with van der Waals surface area (Å²) in [5, 5.41) is 2.98. The van der Waals surface area contributed by atoms with E-state index < -0.39 is 37.6 Å². The fraction of sp³-hybridized carbons (Fsp3) is 0.520. The molecule has 3 heterocycles. The van der Waals surface area contributed by atoms with Crippen LogP contribution in [0.25, 0.3) is 0 Å². The maximum atomic E-state index is 13.8. The Bertz CT molecular complexity index is 1000. The van der Waals surface area contributed by atoms with Crippen molar-refractivity contribution in [3.05, 3.63) is 60.7 Å². The van der Waals surface area contributed by atoms with Crippen LogP contribution in [0.2, 0.25) is 0 Å². The van der Waals surface area contributed by atoms with Gasteiger partial charge in [-0.25, -0.2) is 4.57 Å². The van der Waals surface area contributed by atoms with Crippen LogP contribution in [0.3, 0.4) is 0 Å². The Morgan fingerprint density at radius 3 is 1.94 bits per heavy atom. The molecule has 190 valence electrons. The van der Waals surface area contributed by atoms with E-state index in [1.807, 2.05) is 39.8 Å². The summed E-state index contributed by atoms with van der Waals surface area (Å²) in [6, 6.07) is 17.8. The molecule has 0 radical (unpaired) electrons. The van der Waals surface area contributed by atoms with Gasteiger partial charge in [0.1, 0.15) is 42.0 Å². The Balaban J connectivity index is 1.33. The third kappa shape index (κ3) is 5.73. The molecule has 0 spiro atoms. The minimum absolute atomic E-state index is 0.144. The molecule has 3 saturated heterocycles. The first-order chi connectivity index (χ1) is 16.6. The maximum absolute atomic E-state index is 13.8. The number of hydrogen-bond donors (Lipinski definition) is 1. The summed E-state index contributed by atoms with van der Waals surface area (Å²) in [7, 11) is -3.83. The number of fused-ring (bicyclic) bond motifs is 1. The predicted molar refractivity (Wildman–Crippen MR) is 127 cm³/mol. The van der Waals surface area contributed by atoms with Gasteiger partial charge in [0, 0.05) is 6.54 Å². The molecule has 2 aromatic carbocycles. The Labute approximate surface area is 205 Å². The summed E-state index contributed by atoms with van der Waals surface area (Å²) in [4.78, 5) is 0. The molecule has 0 saturated carbocycles. The van der Waals surface area contributed by atoms with Crippen molar-refractivity contribution in [1.82, 2.24) is 5.09 Å². The first-order valence-electron chi connectivity index (χ1n) is 11.8. The molecule has 10 heteroatoms. The van der Waals surface area contributed by atoms with Crippen LogP contribution >= 0.6 is 7.75 Å². The van der Waals surface area contributed by atoms with Gasteiger partial charge in [-0.15, -0.1) is 0 Å². The molecule has 0 amide bonds. The van der Waals surface area contributed by atoms with E-state index in [1.165, 1.54) is 0 Å². The van der Waals surface area contributed by atoms with Crippen molar-refractivity contribution in [2.24, 2.45) is 0 Å². The Morgan fingerprint density at radius 2 is 1.40 bits per heavy atom. The molecular weight excluding hydrogens is 473 g/mol. The quantitative estimate of drug-likeness (QED) is 0.528. The molecule has 5 atom stereocenters. The van der Waals surface area contributed by atoms with Crippen LogP contribution in [0.1, 0.15) is 27.7 Å². The topological polar surface area (TPSA) is 93.7 Å². The van der Waals surface area contributed by atoms with Gasteiger partial charge < -0.3 is 32.7 Å². The van der Waals surface area contributed by atoms with Crippen LogP contribution in [0, 0.1) is 0 Å². The van der Waals surface area contributed by atoms with Gasteiger partial charge in [-0.3, -0.25) is 0 Å². The highest BCUT2D eigenvalue weighted by molar-refractivity contribution is 7.52. The van der Waals surface area contributed by atoms with E-state index in [-0.39, 0.29) is 18.8 Å². The van der Waals surface area contributed by atoms with E-state index in [2.05, 4.69) is 5.09 Å². The molecule has 0 bridgehead atoms. The lowest BCUT2D eigenvalue weighted by molar-refractivity contribution is -0.205. The van der Waals surface area contributed by atoms with E-state index in [1.54, 1.807) is 48.5 Å². The number of ether oxygens (including phenoxy) is 5. The van der Waals surface area contributed by atoms with Crippen molar-refractivity contribution in [2.75, 3.05) is 13.2 Å². The molecule has 3 fully saturated rings. The minimum atomic E-state index is -3.83. The summed E-state index contributed by atoms with van der Waals surface area (Å²) < 4.78 is 56.0. The van der Waals surface area contributed by atoms with E-state index in [0.717, 1.165) is 0 Å². The summed E-state index contributed by atoms with van der Waals surface area (Å²) in [5.74, 6) is -0.641. The Kier molecular flexibility index (Phi) is 6.70. The molecule has 0 aliphatic carbocycles. The van der Waals surface area contributed by atoms with Gasteiger partial charge in [0.05, 0.1) is 6.61 Å². The summed E-state index contributed by atoms with van der Waals surface area (Å²) in [5.41, 5.74) is 0. The van der Waals surface area contributed by atoms with Gasteiger partial charge in [-0.05, 0) is 52.0 Å². The highest BCUT2D eigenvalue weighted by Crippen LogP contribution is 2.46. The van der Waals surface area contributed by atoms with Gasteiger partial charge >= 0.3 is 7.75 Å². The van der Waals surface area contributed by atoms with Crippen LogP contribution in [0.4, 0.5) is 0 Å². The molecular formula is C25H32NO8P. The molecule has 3 aliphatic rings. The fourth-order valence-electron chi connectivity index (χ4n) is 4.58. The van der Waals surface area contributed by atoms with E-state index >= 15 is 0 Å². The first kappa shape index (κ1) is 24.7. The van der Waals surface area contributed by atoms with Gasteiger partial charge in [0.2, 0.25) is 0 Å². The van der Waals surface area contributed by atoms with Crippen LogP contribution in [0.5, 0.6) is 11.5 Å². The summed E-state index contributed by atoms with van der Waals surface area (Å²) in [6.45, 7) is 8.00. The van der Waals surface area contributed by atoms with Gasteiger partial charge in [-0.2, -0.15) is 5.09 Å². The third-order valence-electron chi connectivity index (χ3n) is 6.01. The third-order valence-corrected chi connectivity index (χ3v) is 7.48. The zero-order valence-corrected chi connectivity index (χ0v) is 21.2. The molecule has 5 rings (SSSR count). The largest absolute Gasteiger partial charge is 0.512 e. The number of para-hydroxylation sites is 2. The number of nitrogens with one attached hydrogen (secondary N) is 1. The zero-order chi connectivity index (χ0) is 24.7. The zero-order valence-electron chi connectivity index (χ0n) is 20.3. The van der Waals surface area contributed by atoms with E-state index in [0.29, 0.717) is 18.1 Å². The lowest BCUT2D eigenvalue weighted by Gasteiger charge is -2.27. The molecule has 0 aromatic heterocycles. The Morgan fingerprint density at radius 1 is 0.829 bits per heavy atom. The lowest BCUT2D eigenvalue weighted by Crippen LogP contribution is -2.40. The number of benzene rings is 2. The second-order valence-corrected chi connectivity index (χ2v) is 11.4. The second kappa shape index (κ2) is 9.48. The van der Waals surface area contributed by atoms with Crippen LogP contribution in [-0.2, 0) is 28.2 Å². The van der Waals surface area contributed by atoms with Gasteiger partial charge in [0.15, 0.2) is 11.6 Å². The average molecular weight is 506 g/mol. The van der Waals surface area contributed by atoms with Crippen molar-refractivity contribution in [2.45, 2.75) is 69.8 Å². The van der Waals surface area contributed by atoms with Gasteiger partial charge in [0.25, 0.3) is 0 Å². The molecule has 1 N–H and O–H groups in total. The van der Waals surface area contributed by atoms with Crippen molar-refractivity contribution in [3.63, 3.8) is 0 Å². The van der Waals surface area contributed by atoms with E-state index in [9.17, 15) is 4.57 Å². The minimum Gasteiger partial charge on any atom is -0.405 e. The van der Waals surface area contributed by atoms with Crippen molar-refractivity contribution >= 4 is 7.75 Å². The van der Waals surface area contributed by atoms with E-state index in [4.69, 9.17) is 32.7 Å². The predicted octanol–water partition coefficient (Wildman–Crippen LogP) is 4.28. The monoisotopic (exact) mass is 505 g/mol. The van der Waals surface area contributed by atoms with Crippen LogP contribution in [0.15, 0.2) is 60.7 Å². The van der Waals surface area contributed by atoms with Crippen LogP contribution in [-0.4, -0.2) is 55.2 Å². The lowest BCUT2D eigenvalue weighted by atomic mass is 10.0. The molecule has 3 aliphatic heterocycles. The molecule has 2 aromatic rings. The highest BCUT2D eigenvalue weighted by Gasteiger charge is 2.59.